The van der Waals surface area contributed by atoms with E-state index in [0.29, 0.717) is 5.56 Å². The molecule has 0 unspecified atom stereocenters. The maximum Gasteiger partial charge on any atom is 0.255 e. The van der Waals surface area contributed by atoms with Crippen LogP contribution in [0.25, 0.3) is 0 Å². The predicted molar refractivity (Wildman–Crippen MR) is 116 cm³/mol. The molecular formula is C21H24N6OS. The van der Waals surface area contributed by atoms with E-state index in [1.165, 1.54) is 12.0 Å². The molecule has 1 fully saturated rings. The van der Waals surface area contributed by atoms with Crippen molar-refractivity contribution in [1.82, 2.24) is 20.1 Å². The quantitative estimate of drug-likeness (QED) is 0.611. The van der Waals surface area contributed by atoms with Crippen LogP contribution in [-0.2, 0) is 5.75 Å². The molecule has 150 valence electrons. The number of aromatic amines is 1. The lowest BCUT2D eigenvalue weighted by Gasteiger charge is -2.34. The van der Waals surface area contributed by atoms with Crippen LogP contribution in [0.3, 0.4) is 0 Å². The second-order valence-corrected chi connectivity index (χ2v) is 8.03. The van der Waals surface area contributed by atoms with E-state index in [4.69, 9.17) is 0 Å². The van der Waals surface area contributed by atoms with Crippen molar-refractivity contribution in [3.05, 3.63) is 66.0 Å². The highest BCUT2D eigenvalue weighted by Crippen LogP contribution is 2.21. The summed E-state index contributed by atoms with van der Waals surface area (Å²) in [5, 5.41) is 10.4. The SMILES string of the molecule is CN1CCN(c2ccc(NC(=O)c3ccc(CSc4ncn[nH]4)cc3)cc2)CC1. The van der Waals surface area contributed by atoms with Crippen molar-refractivity contribution in [3.63, 3.8) is 0 Å². The third kappa shape index (κ3) is 5.16. The number of thioether (sulfide) groups is 1. The minimum Gasteiger partial charge on any atom is -0.369 e. The van der Waals surface area contributed by atoms with E-state index in [-0.39, 0.29) is 5.91 Å². The standard InChI is InChI=1S/C21H24N6OS/c1-26-10-12-27(13-11-26)19-8-6-18(7-9-19)24-20(28)17-4-2-16(3-5-17)14-29-21-22-15-23-25-21/h2-9,15H,10-14H2,1H3,(H,24,28)(H,22,23,25). The Labute approximate surface area is 174 Å². The van der Waals surface area contributed by atoms with Crippen molar-refractivity contribution < 1.29 is 4.79 Å². The lowest BCUT2D eigenvalue weighted by molar-refractivity contribution is 0.102. The summed E-state index contributed by atoms with van der Waals surface area (Å²) in [6.45, 7) is 4.21. The van der Waals surface area contributed by atoms with E-state index in [1.54, 1.807) is 11.8 Å². The van der Waals surface area contributed by atoms with Crippen LogP contribution in [0.5, 0.6) is 0 Å². The summed E-state index contributed by atoms with van der Waals surface area (Å²) < 4.78 is 0. The Morgan fingerprint density at radius 2 is 1.79 bits per heavy atom. The monoisotopic (exact) mass is 408 g/mol. The molecule has 7 nitrogen and oxygen atoms in total. The van der Waals surface area contributed by atoms with Crippen LogP contribution in [0.2, 0.25) is 0 Å². The number of carbonyl (C=O) groups excluding carboxylic acids is 1. The van der Waals surface area contributed by atoms with Crippen molar-refractivity contribution in [1.29, 1.82) is 0 Å². The van der Waals surface area contributed by atoms with Crippen LogP contribution in [-0.4, -0.2) is 59.2 Å². The topological polar surface area (TPSA) is 77.2 Å². The number of piperazine rings is 1. The number of hydrogen-bond acceptors (Lipinski definition) is 6. The van der Waals surface area contributed by atoms with Gasteiger partial charge in [-0.15, -0.1) is 0 Å². The third-order valence-corrected chi connectivity index (χ3v) is 5.93. The summed E-state index contributed by atoms with van der Waals surface area (Å²) >= 11 is 1.57. The van der Waals surface area contributed by atoms with Gasteiger partial charge in [0.05, 0.1) is 0 Å². The van der Waals surface area contributed by atoms with Gasteiger partial charge in [-0.25, -0.2) is 4.98 Å². The fraction of sp³-hybridized carbons (Fsp3) is 0.286. The fourth-order valence-corrected chi connectivity index (χ4v) is 3.93. The second-order valence-electron chi connectivity index (χ2n) is 7.07. The normalized spacial score (nSPS) is 14.7. The summed E-state index contributed by atoms with van der Waals surface area (Å²) in [4.78, 5) is 21.3. The van der Waals surface area contributed by atoms with Gasteiger partial charge in [0.2, 0.25) is 0 Å². The maximum absolute atomic E-state index is 12.5. The number of likely N-dealkylation sites (N-methyl/N-ethyl adjacent to an activating group) is 1. The van der Waals surface area contributed by atoms with E-state index >= 15 is 0 Å². The number of benzene rings is 2. The van der Waals surface area contributed by atoms with Crippen LogP contribution in [0.4, 0.5) is 11.4 Å². The molecule has 4 rings (SSSR count). The van der Waals surface area contributed by atoms with Crippen LogP contribution in [0, 0.1) is 0 Å². The molecule has 1 aliphatic rings. The molecule has 2 N–H and O–H groups in total. The lowest BCUT2D eigenvalue weighted by Crippen LogP contribution is -2.44. The summed E-state index contributed by atoms with van der Waals surface area (Å²) in [6.07, 6.45) is 1.49. The Bertz CT molecular complexity index is 919. The van der Waals surface area contributed by atoms with Crippen molar-refractivity contribution in [2.75, 3.05) is 43.4 Å². The van der Waals surface area contributed by atoms with E-state index in [0.717, 1.165) is 48.3 Å². The average Bonchev–Trinajstić information content (AvgIpc) is 3.27. The Balaban J connectivity index is 1.31. The summed E-state index contributed by atoms with van der Waals surface area (Å²) in [5.74, 6) is 0.664. The largest absolute Gasteiger partial charge is 0.369 e. The third-order valence-electron chi connectivity index (χ3n) is 4.98. The first kappa shape index (κ1) is 19.5. The number of nitrogens with zero attached hydrogens (tertiary/aromatic N) is 4. The molecular weight excluding hydrogens is 384 g/mol. The van der Waals surface area contributed by atoms with Gasteiger partial charge in [-0.1, -0.05) is 23.9 Å². The van der Waals surface area contributed by atoms with Crippen LogP contribution in [0.15, 0.2) is 60.0 Å². The zero-order valence-electron chi connectivity index (χ0n) is 16.3. The molecule has 8 heteroatoms. The molecule has 0 spiro atoms. The van der Waals surface area contributed by atoms with Crippen molar-refractivity contribution >= 4 is 29.0 Å². The zero-order valence-corrected chi connectivity index (χ0v) is 17.2. The van der Waals surface area contributed by atoms with Gasteiger partial charge in [-0.05, 0) is 49.0 Å². The lowest BCUT2D eigenvalue weighted by atomic mass is 10.1. The number of H-pyrrole nitrogens is 1. The number of anilines is 2. The van der Waals surface area contributed by atoms with Crippen LogP contribution in [0.1, 0.15) is 15.9 Å². The van der Waals surface area contributed by atoms with E-state index in [1.807, 2.05) is 36.4 Å². The smallest absolute Gasteiger partial charge is 0.255 e. The molecule has 1 amide bonds. The van der Waals surface area contributed by atoms with Gasteiger partial charge in [0.1, 0.15) is 6.33 Å². The Morgan fingerprint density at radius 3 is 2.45 bits per heavy atom. The van der Waals surface area contributed by atoms with E-state index < -0.39 is 0 Å². The van der Waals surface area contributed by atoms with Crippen molar-refractivity contribution in [2.24, 2.45) is 0 Å². The van der Waals surface area contributed by atoms with Gasteiger partial charge < -0.3 is 15.1 Å². The zero-order chi connectivity index (χ0) is 20.1. The number of hydrogen-bond donors (Lipinski definition) is 2. The Morgan fingerprint density at radius 1 is 1.07 bits per heavy atom. The van der Waals surface area contributed by atoms with Gasteiger partial charge in [-0.3, -0.25) is 9.89 Å². The molecule has 0 radical (unpaired) electrons. The van der Waals surface area contributed by atoms with Gasteiger partial charge in [0, 0.05) is 48.9 Å². The molecule has 1 saturated heterocycles. The highest BCUT2D eigenvalue weighted by molar-refractivity contribution is 7.98. The summed E-state index contributed by atoms with van der Waals surface area (Å²) in [5.41, 5.74) is 3.77. The molecule has 0 saturated carbocycles. The highest BCUT2D eigenvalue weighted by Gasteiger charge is 2.14. The number of aromatic nitrogens is 3. The Kier molecular flexibility index (Phi) is 6.12. The molecule has 2 aromatic carbocycles. The first-order chi connectivity index (χ1) is 14.2. The van der Waals surface area contributed by atoms with Crippen molar-refractivity contribution in [2.45, 2.75) is 10.9 Å². The minimum atomic E-state index is -0.105. The van der Waals surface area contributed by atoms with E-state index in [9.17, 15) is 4.79 Å². The minimum absolute atomic E-state index is 0.105. The van der Waals surface area contributed by atoms with Gasteiger partial charge in [0.15, 0.2) is 5.16 Å². The summed E-state index contributed by atoms with van der Waals surface area (Å²) in [6, 6.07) is 15.7. The number of nitrogens with one attached hydrogen (secondary N) is 2. The van der Waals surface area contributed by atoms with Crippen LogP contribution < -0.4 is 10.2 Å². The average molecular weight is 409 g/mol. The first-order valence-electron chi connectivity index (χ1n) is 9.59. The number of amides is 1. The van der Waals surface area contributed by atoms with E-state index in [2.05, 4.69) is 49.5 Å². The molecule has 0 aliphatic carbocycles. The predicted octanol–water partition coefficient (Wildman–Crippen LogP) is 3.10. The molecule has 0 bridgehead atoms. The maximum atomic E-state index is 12.5. The molecule has 3 aromatic rings. The second kappa shape index (κ2) is 9.11. The highest BCUT2D eigenvalue weighted by atomic mass is 32.2. The first-order valence-corrected chi connectivity index (χ1v) is 10.6. The van der Waals surface area contributed by atoms with Crippen LogP contribution >= 0.6 is 11.8 Å². The molecule has 0 atom stereocenters. The molecule has 29 heavy (non-hydrogen) atoms. The molecule has 1 aliphatic heterocycles. The van der Waals surface area contributed by atoms with Gasteiger partial charge in [0.25, 0.3) is 5.91 Å². The van der Waals surface area contributed by atoms with Gasteiger partial charge >= 0.3 is 0 Å². The Hall–Kier alpha value is -2.84. The molecule has 1 aromatic heterocycles. The summed E-state index contributed by atoms with van der Waals surface area (Å²) in [7, 11) is 2.15. The van der Waals surface area contributed by atoms with Gasteiger partial charge in [-0.2, -0.15) is 5.10 Å². The molecule has 2 heterocycles. The number of carbonyl (C=O) groups is 1. The fourth-order valence-electron chi connectivity index (χ4n) is 3.19. The number of rotatable bonds is 6. The van der Waals surface area contributed by atoms with Crippen molar-refractivity contribution in [3.8, 4) is 0 Å².